The predicted molar refractivity (Wildman–Crippen MR) is 127 cm³/mol. The van der Waals surface area contributed by atoms with E-state index >= 15 is 4.39 Å². The van der Waals surface area contributed by atoms with Crippen LogP contribution < -0.4 is 5.32 Å². The summed E-state index contributed by atoms with van der Waals surface area (Å²) >= 11 is 0. The van der Waals surface area contributed by atoms with Crippen molar-refractivity contribution in [1.29, 1.82) is 0 Å². The lowest BCUT2D eigenvalue weighted by Crippen LogP contribution is -2.55. The van der Waals surface area contributed by atoms with Crippen molar-refractivity contribution < 1.29 is 28.2 Å². The van der Waals surface area contributed by atoms with Gasteiger partial charge in [0, 0.05) is 13.5 Å². The quantitative estimate of drug-likeness (QED) is 0.467. The summed E-state index contributed by atoms with van der Waals surface area (Å²) in [7, 11) is 0. The number of carbonyl (C=O) groups excluding carboxylic acids is 2. The van der Waals surface area contributed by atoms with Crippen LogP contribution in [0.25, 0.3) is 11.2 Å². The van der Waals surface area contributed by atoms with Gasteiger partial charge in [0.2, 0.25) is 0 Å². The van der Waals surface area contributed by atoms with E-state index in [1.165, 1.54) is 50.8 Å². The van der Waals surface area contributed by atoms with Gasteiger partial charge in [-0.05, 0) is 44.7 Å². The van der Waals surface area contributed by atoms with Crippen molar-refractivity contribution in [2.24, 2.45) is 5.92 Å². The number of imidazole rings is 1. The Morgan fingerprint density at radius 2 is 1.94 bits per heavy atom. The third-order valence-corrected chi connectivity index (χ3v) is 6.94. The van der Waals surface area contributed by atoms with Gasteiger partial charge in [-0.1, -0.05) is 18.2 Å². The van der Waals surface area contributed by atoms with E-state index in [9.17, 15) is 9.59 Å². The van der Waals surface area contributed by atoms with Crippen LogP contribution in [0.2, 0.25) is 0 Å². The van der Waals surface area contributed by atoms with E-state index in [4.69, 9.17) is 14.2 Å². The lowest BCUT2D eigenvalue weighted by atomic mass is 9.84. The second-order valence-electron chi connectivity index (χ2n) is 9.59. The first-order chi connectivity index (χ1) is 17.2. The number of fused-ring (bicyclic) bond motifs is 1. The number of carbonyl (C=O) groups is 2. The molecule has 0 radical (unpaired) electrons. The van der Waals surface area contributed by atoms with Crippen LogP contribution in [-0.2, 0) is 19.0 Å². The SMILES string of the molecule is CC(=O)O[C@]1(C)[C@@H](COC(=O)c2ccccc2)O[C@@H](n2cnc3c(NCC4CC4)ncnc32)[C@]1(C)F. The molecule has 190 valence electrons. The van der Waals surface area contributed by atoms with Crippen LogP contribution in [0.1, 0.15) is 50.2 Å². The highest BCUT2D eigenvalue weighted by Gasteiger charge is 2.66. The average Bonchev–Trinajstić information content (AvgIpc) is 3.55. The maximum absolute atomic E-state index is 16.6. The minimum atomic E-state index is -2.23. The van der Waals surface area contributed by atoms with Crippen molar-refractivity contribution in [2.45, 2.75) is 57.2 Å². The monoisotopic (exact) mass is 497 g/mol. The van der Waals surface area contributed by atoms with Gasteiger partial charge < -0.3 is 19.5 Å². The number of rotatable bonds is 8. The van der Waals surface area contributed by atoms with Gasteiger partial charge in [0.05, 0.1) is 11.9 Å². The van der Waals surface area contributed by atoms with Crippen molar-refractivity contribution >= 4 is 28.9 Å². The zero-order valence-electron chi connectivity index (χ0n) is 20.3. The van der Waals surface area contributed by atoms with Gasteiger partial charge in [-0.2, -0.15) is 0 Å². The molecule has 1 aliphatic heterocycles. The molecule has 2 aliphatic rings. The Kier molecular flexibility index (Phi) is 6.11. The number of hydrogen-bond donors (Lipinski definition) is 1. The van der Waals surface area contributed by atoms with E-state index in [1.54, 1.807) is 30.3 Å². The van der Waals surface area contributed by atoms with Crippen molar-refractivity contribution in [2.75, 3.05) is 18.5 Å². The maximum atomic E-state index is 16.6. The van der Waals surface area contributed by atoms with Gasteiger partial charge in [-0.3, -0.25) is 9.36 Å². The summed E-state index contributed by atoms with van der Waals surface area (Å²) in [6.45, 7) is 4.37. The number of aromatic nitrogens is 4. The molecule has 2 fully saturated rings. The summed E-state index contributed by atoms with van der Waals surface area (Å²) in [5.41, 5.74) is -2.82. The third kappa shape index (κ3) is 4.27. The zero-order chi connectivity index (χ0) is 25.5. The fourth-order valence-corrected chi connectivity index (χ4v) is 4.49. The minimum Gasteiger partial charge on any atom is -0.459 e. The average molecular weight is 498 g/mol. The van der Waals surface area contributed by atoms with Gasteiger partial charge in [-0.15, -0.1) is 0 Å². The first kappa shape index (κ1) is 24.1. The molecule has 0 spiro atoms. The number of benzene rings is 1. The Balaban J connectivity index is 1.44. The van der Waals surface area contributed by atoms with Gasteiger partial charge in [0.1, 0.15) is 19.0 Å². The number of hydrogen-bond acceptors (Lipinski definition) is 9. The Hall–Kier alpha value is -3.60. The number of nitrogens with zero attached hydrogens (tertiary/aromatic N) is 4. The molecule has 0 amide bonds. The molecule has 1 N–H and O–H groups in total. The topological polar surface area (TPSA) is 117 Å². The van der Waals surface area contributed by atoms with E-state index in [0.717, 1.165) is 6.54 Å². The molecule has 1 aromatic carbocycles. The third-order valence-electron chi connectivity index (χ3n) is 6.94. The van der Waals surface area contributed by atoms with Crippen LogP contribution >= 0.6 is 0 Å². The lowest BCUT2D eigenvalue weighted by Gasteiger charge is -2.36. The second kappa shape index (κ2) is 9.12. The van der Waals surface area contributed by atoms with Crippen LogP contribution in [0.3, 0.4) is 0 Å². The van der Waals surface area contributed by atoms with Crippen LogP contribution in [-0.4, -0.2) is 62.0 Å². The Morgan fingerprint density at radius 1 is 1.19 bits per heavy atom. The van der Waals surface area contributed by atoms with Crippen LogP contribution in [0.15, 0.2) is 43.0 Å². The van der Waals surface area contributed by atoms with Crippen molar-refractivity contribution in [3.05, 3.63) is 48.5 Å². The normalized spacial score (nSPS) is 27.7. The number of alkyl halides is 1. The standard InChI is InChI=1S/C25H28FN5O5/c1-15(32)36-25(3)18(12-34-22(33)17-7-5-4-6-8-17)35-23(24(25,2)26)31-14-30-19-20(27-11-16-9-10-16)28-13-29-21(19)31/h4-8,13-14,16,18,23H,9-12H2,1-3H3,(H,27,28,29)/t18-,23-,24+,25-/m1/s1. The summed E-state index contributed by atoms with van der Waals surface area (Å²) in [6, 6.07) is 8.41. The molecule has 1 saturated heterocycles. The summed E-state index contributed by atoms with van der Waals surface area (Å²) in [5.74, 6) is -0.108. The Labute approximate surface area is 207 Å². The molecule has 1 saturated carbocycles. The largest absolute Gasteiger partial charge is 0.459 e. The molecular weight excluding hydrogens is 469 g/mol. The van der Waals surface area contributed by atoms with Gasteiger partial charge in [0.15, 0.2) is 34.5 Å². The van der Waals surface area contributed by atoms with E-state index in [1.807, 2.05) is 0 Å². The molecule has 10 nitrogen and oxygen atoms in total. The molecule has 11 heteroatoms. The fraction of sp³-hybridized carbons (Fsp3) is 0.480. The number of anilines is 1. The van der Waals surface area contributed by atoms with Gasteiger partial charge in [-0.25, -0.2) is 24.1 Å². The number of halogens is 1. The first-order valence-corrected chi connectivity index (χ1v) is 11.9. The highest BCUT2D eigenvalue weighted by molar-refractivity contribution is 5.89. The van der Waals surface area contributed by atoms with Crippen LogP contribution in [0.4, 0.5) is 10.2 Å². The zero-order valence-corrected chi connectivity index (χ0v) is 20.3. The fourth-order valence-electron chi connectivity index (χ4n) is 4.49. The molecule has 2 aromatic heterocycles. The van der Waals surface area contributed by atoms with Gasteiger partial charge >= 0.3 is 11.9 Å². The van der Waals surface area contributed by atoms with Crippen molar-refractivity contribution in [3.8, 4) is 0 Å². The van der Waals surface area contributed by atoms with E-state index in [0.29, 0.717) is 28.5 Å². The molecule has 0 unspecified atom stereocenters. The highest BCUT2D eigenvalue weighted by Crippen LogP contribution is 2.51. The molecule has 3 aromatic rings. The summed E-state index contributed by atoms with van der Waals surface area (Å²) in [6.07, 6.45) is 2.80. The number of nitrogens with one attached hydrogen (secondary N) is 1. The Morgan fingerprint density at radius 3 is 2.64 bits per heavy atom. The van der Waals surface area contributed by atoms with Crippen LogP contribution in [0, 0.1) is 5.92 Å². The first-order valence-electron chi connectivity index (χ1n) is 11.9. The number of esters is 2. The summed E-state index contributed by atoms with van der Waals surface area (Å²) in [5, 5.41) is 3.29. The summed E-state index contributed by atoms with van der Waals surface area (Å²) < 4.78 is 35.1. The predicted octanol–water partition coefficient (Wildman–Crippen LogP) is 3.45. The molecule has 36 heavy (non-hydrogen) atoms. The van der Waals surface area contributed by atoms with Crippen molar-refractivity contribution in [3.63, 3.8) is 0 Å². The number of ether oxygens (including phenoxy) is 3. The van der Waals surface area contributed by atoms with Crippen LogP contribution in [0.5, 0.6) is 0 Å². The molecule has 0 bridgehead atoms. The summed E-state index contributed by atoms with van der Waals surface area (Å²) in [4.78, 5) is 37.5. The van der Waals surface area contributed by atoms with E-state index in [-0.39, 0.29) is 6.61 Å². The molecule has 1 aliphatic carbocycles. The highest BCUT2D eigenvalue weighted by atomic mass is 19.1. The molecule has 4 atom stereocenters. The molecular formula is C25H28FN5O5. The van der Waals surface area contributed by atoms with E-state index < -0.39 is 35.5 Å². The smallest absolute Gasteiger partial charge is 0.338 e. The van der Waals surface area contributed by atoms with Crippen molar-refractivity contribution in [1.82, 2.24) is 19.5 Å². The maximum Gasteiger partial charge on any atom is 0.338 e. The Bertz CT molecular complexity index is 1280. The van der Waals surface area contributed by atoms with Gasteiger partial charge in [0.25, 0.3) is 0 Å². The second-order valence-corrected chi connectivity index (χ2v) is 9.59. The lowest BCUT2D eigenvalue weighted by molar-refractivity contribution is -0.175. The molecule has 3 heterocycles. The minimum absolute atomic E-state index is 0.330. The van der Waals surface area contributed by atoms with E-state index in [2.05, 4.69) is 20.3 Å². The molecule has 5 rings (SSSR count).